The molecule has 1 N–H and O–H groups in total. The van der Waals surface area contributed by atoms with E-state index >= 15 is 0 Å². The number of amides is 1. The first-order chi connectivity index (χ1) is 7.60. The molecule has 0 aromatic carbocycles. The van der Waals surface area contributed by atoms with Crippen molar-refractivity contribution in [3.8, 4) is 0 Å². The number of rotatable bonds is 6. The minimum Gasteiger partial charge on any atom is -0.320 e. The minimum absolute atomic E-state index is 0.166. The molecule has 16 heavy (non-hydrogen) atoms. The van der Waals surface area contributed by atoms with E-state index in [-0.39, 0.29) is 18.1 Å². The Balaban J connectivity index is 2.58. The highest BCUT2D eigenvalue weighted by atomic mass is 19.3. The Hall–Kier alpha value is -0.710. The Labute approximate surface area is 95.2 Å². The van der Waals surface area contributed by atoms with Crippen molar-refractivity contribution in [3.63, 3.8) is 0 Å². The molecule has 1 fully saturated rings. The van der Waals surface area contributed by atoms with Crippen LogP contribution >= 0.6 is 0 Å². The number of nitrogens with zero attached hydrogens (tertiary/aromatic N) is 1. The first-order valence-corrected chi connectivity index (χ1v) is 5.94. The van der Waals surface area contributed by atoms with Gasteiger partial charge in [-0.05, 0) is 12.8 Å². The van der Waals surface area contributed by atoms with Gasteiger partial charge in [-0.2, -0.15) is 0 Å². The van der Waals surface area contributed by atoms with E-state index in [0.29, 0.717) is 6.42 Å². The Morgan fingerprint density at radius 3 is 2.62 bits per heavy atom. The molecule has 3 nitrogen and oxygen atoms in total. The van der Waals surface area contributed by atoms with Crippen LogP contribution in [0.5, 0.6) is 0 Å². The fourth-order valence-corrected chi connectivity index (χ4v) is 2.07. The summed E-state index contributed by atoms with van der Waals surface area (Å²) < 4.78 is 24.7. The largest absolute Gasteiger partial charge is 0.320 e. The van der Waals surface area contributed by atoms with Crippen LogP contribution in [-0.4, -0.2) is 36.0 Å². The third-order valence-electron chi connectivity index (χ3n) is 2.92. The third kappa shape index (κ3) is 3.14. The number of halogens is 2. The highest BCUT2D eigenvalue weighted by molar-refractivity contribution is 5.84. The summed E-state index contributed by atoms with van der Waals surface area (Å²) in [4.78, 5) is 13.1. The molecule has 1 aliphatic heterocycles. The van der Waals surface area contributed by atoms with Crippen LogP contribution in [0.2, 0.25) is 0 Å². The van der Waals surface area contributed by atoms with Gasteiger partial charge in [-0.25, -0.2) is 8.78 Å². The lowest BCUT2D eigenvalue weighted by Crippen LogP contribution is -2.39. The van der Waals surface area contributed by atoms with Crippen LogP contribution in [0.25, 0.3) is 0 Å². The molecule has 0 radical (unpaired) electrons. The maximum atomic E-state index is 12.3. The van der Waals surface area contributed by atoms with Crippen molar-refractivity contribution in [3.05, 3.63) is 0 Å². The van der Waals surface area contributed by atoms with Gasteiger partial charge in [-0.1, -0.05) is 26.7 Å². The van der Waals surface area contributed by atoms with Gasteiger partial charge in [0.25, 0.3) is 6.43 Å². The quantitative estimate of drug-likeness (QED) is 0.762. The highest BCUT2D eigenvalue weighted by Gasteiger charge is 2.38. The first kappa shape index (κ1) is 13.4. The summed E-state index contributed by atoms with van der Waals surface area (Å²) in [6.07, 6.45) is 0.694. The minimum atomic E-state index is -2.45. The molecular weight excluding hydrogens is 214 g/mol. The van der Waals surface area contributed by atoms with Gasteiger partial charge >= 0.3 is 0 Å². The average molecular weight is 234 g/mol. The van der Waals surface area contributed by atoms with Crippen LogP contribution in [-0.2, 0) is 4.79 Å². The zero-order valence-corrected chi connectivity index (χ0v) is 9.88. The second kappa shape index (κ2) is 6.13. The number of unbranched alkanes of at least 4 members (excludes halogenated alkanes) is 1. The number of hydrogen-bond acceptors (Lipinski definition) is 2. The van der Waals surface area contributed by atoms with E-state index in [1.165, 1.54) is 4.90 Å². The molecule has 5 heteroatoms. The average Bonchev–Trinajstić information content (AvgIpc) is 2.53. The Kier molecular flexibility index (Phi) is 5.12. The lowest BCUT2D eigenvalue weighted by molar-refractivity contribution is -0.132. The molecule has 2 atom stereocenters. The van der Waals surface area contributed by atoms with Gasteiger partial charge in [0.05, 0.1) is 18.8 Å². The molecule has 1 saturated heterocycles. The van der Waals surface area contributed by atoms with Gasteiger partial charge in [0, 0.05) is 0 Å². The third-order valence-corrected chi connectivity index (χ3v) is 2.92. The van der Waals surface area contributed by atoms with E-state index in [1.54, 1.807) is 0 Å². The molecule has 0 spiro atoms. The van der Waals surface area contributed by atoms with Gasteiger partial charge in [0.2, 0.25) is 5.91 Å². The monoisotopic (exact) mass is 234 g/mol. The molecule has 2 unspecified atom stereocenters. The van der Waals surface area contributed by atoms with Gasteiger partial charge in [-0.3, -0.25) is 10.1 Å². The number of carbonyl (C=O) groups is 1. The lowest BCUT2D eigenvalue weighted by atomic mass is 10.1. The molecule has 0 saturated carbocycles. The van der Waals surface area contributed by atoms with Crippen molar-refractivity contribution in [1.82, 2.24) is 10.2 Å². The molecule has 1 heterocycles. The molecule has 94 valence electrons. The summed E-state index contributed by atoms with van der Waals surface area (Å²) in [6.45, 7) is 3.49. The summed E-state index contributed by atoms with van der Waals surface area (Å²) in [7, 11) is 0. The van der Waals surface area contributed by atoms with E-state index in [1.807, 2.05) is 13.8 Å². The van der Waals surface area contributed by atoms with Crippen molar-refractivity contribution < 1.29 is 13.6 Å². The number of carbonyl (C=O) groups excluding carboxylic acids is 1. The van der Waals surface area contributed by atoms with E-state index in [2.05, 4.69) is 5.32 Å². The Morgan fingerprint density at radius 1 is 1.44 bits per heavy atom. The Bertz CT molecular complexity index is 236. The topological polar surface area (TPSA) is 32.3 Å². The summed E-state index contributed by atoms with van der Waals surface area (Å²) in [5.41, 5.74) is 0. The summed E-state index contributed by atoms with van der Waals surface area (Å²) in [5, 5.41) is 3.12. The van der Waals surface area contributed by atoms with E-state index in [4.69, 9.17) is 0 Å². The molecule has 0 aromatic rings. The van der Waals surface area contributed by atoms with Crippen molar-refractivity contribution in [2.45, 2.75) is 58.2 Å². The van der Waals surface area contributed by atoms with Crippen molar-refractivity contribution in [2.75, 3.05) is 6.54 Å². The fourth-order valence-electron chi connectivity index (χ4n) is 2.07. The van der Waals surface area contributed by atoms with Crippen LogP contribution in [0.3, 0.4) is 0 Å². The van der Waals surface area contributed by atoms with Crippen molar-refractivity contribution >= 4 is 5.91 Å². The van der Waals surface area contributed by atoms with E-state index in [0.717, 1.165) is 19.3 Å². The highest BCUT2D eigenvalue weighted by Crippen LogP contribution is 2.18. The van der Waals surface area contributed by atoms with Gasteiger partial charge in [-0.15, -0.1) is 0 Å². The van der Waals surface area contributed by atoms with Crippen LogP contribution in [0, 0.1) is 0 Å². The number of alkyl halides is 2. The van der Waals surface area contributed by atoms with Crippen LogP contribution in [0.15, 0.2) is 0 Å². The molecule has 1 rings (SSSR count). The summed E-state index contributed by atoms with van der Waals surface area (Å²) in [6, 6.07) is -0.261. The zero-order valence-electron chi connectivity index (χ0n) is 9.88. The van der Waals surface area contributed by atoms with Crippen LogP contribution in [0.4, 0.5) is 8.78 Å². The second-order valence-corrected chi connectivity index (χ2v) is 4.17. The first-order valence-electron chi connectivity index (χ1n) is 5.94. The smallest absolute Gasteiger partial charge is 0.255 e. The zero-order chi connectivity index (χ0) is 12.1. The predicted octanol–water partition coefficient (Wildman–Crippen LogP) is 1.98. The molecule has 0 bridgehead atoms. The standard InChI is InChI=1S/C11H20F2N2O/c1-3-5-6-8-11(16)15(7-9(12)13)10(4-2)14-8/h8-10,14H,3-7H2,1-2H3. The summed E-state index contributed by atoms with van der Waals surface area (Å²) >= 11 is 0. The number of hydrogen-bond donors (Lipinski definition) is 1. The predicted molar refractivity (Wildman–Crippen MR) is 58.2 cm³/mol. The van der Waals surface area contributed by atoms with Crippen molar-refractivity contribution in [1.29, 1.82) is 0 Å². The molecule has 1 amide bonds. The Morgan fingerprint density at radius 2 is 2.12 bits per heavy atom. The van der Waals surface area contributed by atoms with Gasteiger partial charge in [0.15, 0.2) is 0 Å². The molecule has 0 aliphatic carbocycles. The molecule has 0 aromatic heterocycles. The summed E-state index contributed by atoms with van der Waals surface area (Å²) in [5.74, 6) is -0.166. The maximum Gasteiger partial charge on any atom is 0.255 e. The van der Waals surface area contributed by atoms with Gasteiger partial charge in [0.1, 0.15) is 0 Å². The van der Waals surface area contributed by atoms with Crippen LogP contribution in [0.1, 0.15) is 39.5 Å². The fraction of sp³-hybridized carbons (Fsp3) is 0.909. The molecular formula is C11H20F2N2O. The van der Waals surface area contributed by atoms with E-state index in [9.17, 15) is 13.6 Å². The SMILES string of the molecule is CCCCC1NC(CC)N(CC(F)F)C1=O. The van der Waals surface area contributed by atoms with Crippen LogP contribution < -0.4 is 5.32 Å². The second-order valence-electron chi connectivity index (χ2n) is 4.17. The normalized spacial score (nSPS) is 25.8. The van der Waals surface area contributed by atoms with E-state index < -0.39 is 13.0 Å². The lowest BCUT2D eigenvalue weighted by Gasteiger charge is -2.22. The van der Waals surface area contributed by atoms with Gasteiger partial charge < -0.3 is 4.90 Å². The van der Waals surface area contributed by atoms with Crippen molar-refractivity contribution in [2.24, 2.45) is 0 Å². The maximum absolute atomic E-state index is 12.3. The number of nitrogens with one attached hydrogen (secondary N) is 1. The molecule has 1 aliphatic rings.